The molecule has 1 aliphatic rings. The molecule has 5 rings (SSSR count). The number of methoxy groups -OCH3 is 1. The second kappa shape index (κ2) is 9.71. The van der Waals surface area contributed by atoms with Crippen molar-refractivity contribution in [3.63, 3.8) is 0 Å². The number of halogens is 3. The Labute approximate surface area is 204 Å². The van der Waals surface area contributed by atoms with Gasteiger partial charge in [0.15, 0.2) is 28.5 Å². The second-order valence-electron chi connectivity index (χ2n) is 7.59. The number of carbonyl (C=O) groups is 1. The van der Waals surface area contributed by atoms with Crippen LogP contribution in [0.3, 0.4) is 0 Å². The number of fused-ring (bicyclic) bond motifs is 2. The van der Waals surface area contributed by atoms with E-state index in [0.717, 1.165) is 17.7 Å². The largest absolute Gasteiger partial charge is 0.494 e. The number of nitrogens with zero attached hydrogens (tertiary/aromatic N) is 4. The van der Waals surface area contributed by atoms with E-state index in [1.807, 2.05) is 13.0 Å². The lowest BCUT2D eigenvalue weighted by atomic mass is 10.1. The molecule has 0 radical (unpaired) electrons. The first-order valence-corrected chi connectivity index (χ1v) is 10.6. The van der Waals surface area contributed by atoms with Crippen LogP contribution in [-0.2, 0) is 6.54 Å². The zero-order valence-corrected chi connectivity index (χ0v) is 19.6. The van der Waals surface area contributed by atoms with Crippen LogP contribution in [0.5, 0.6) is 17.5 Å². The zero-order chi connectivity index (χ0) is 23.8. The summed E-state index contributed by atoms with van der Waals surface area (Å²) in [4.78, 5) is 25.1. The first-order valence-electron chi connectivity index (χ1n) is 10.6. The molecule has 35 heavy (non-hydrogen) atoms. The lowest BCUT2D eigenvalue weighted by Gasteiger charge is -2.11. The molecular weight excluding hydrogens is 482 g/mol. The van der Waals surface area contributed by atoms with Crippen molar-refractivity contribution >= 4 is 35.3 Å². The van der Waals surface area contributed by atoms with Gasteiger partial charge in [-0.1, -0.05) is 6.92 Å². The number of aromatic nitrogens is 4. The van der Waals surface area contributed by atoms with Crippen molar-refractivity contribution in [2.24, 2.45) is 0 Å². The van der Waals surface area contributed by atoms with Gasteiger partial charge in [0, 0.05) is 24.3 Å². The quantitative estimate of drug-likeness (QED) is 0.386. The fourth-order valence-electron chi connectivity index (χ4n) is 3.70. The maximum Gasteiger partial charge on any atom is 0.326 e. The van der Waals surface area contributed by atoms with Crippen LogP contribution in [-0.4, -0.2) is 39.1 Å². The SMILES string of the molecule is CCCNc1nc(Oc2ccc(OC)c(F)c2F)nc2c1ncn2-c1ccc2c(c1)CNC2=O.Cl. The van der Waals surface area contributed by atoms with E-state index in [1.165, 1.54) is 19.2 Å². The van der Waals surface area contributed by atoms with Crippen molar-refractivity contribution in [2.75, 3.05) is 19.0 Å². The van der Waals surface area contributed by atoms with Gasteiger partial charge in [-0.2, -0.15) is 18.7 Å². The molecule has 1 amide bonds. The summed E-state index contributed by atoms with van der Waals surface area (Å²) in [6, 6.07) is 7.70. The molecule has 0 aliphatic carbocycles. The number of hydrogen-bond donors (Lipinski definition) is 2. The number of hydrogen-bond acceptors (Lipinski definition) is 7. The highest BCUT2D eigenvalue weighted by Crippen LogP contribution is 2.32. The van der Waals surface area contributed by atoms with Crippen LogP contribution in [0.1, 0.15) is 29.3 Å². The molecule has 0 spiro atoms. The molecule has 0 saturated heterocycles. The maximum atomic E-state index is 14.5. The minimum atomic E-state index is -1.21. The van der Waals surface area contributed by atoms with E-state index in [2.05, 4.69) is 25.6 Å². The molecule has 0 unspecified atom stereocenters. The first-order chi connectivity index (χ1) is 16.5. The van der Waals surface area contributed by atoms with E-state index in [9.17, 15) is 13.6 Å². The van der Waals surface area contributed by atoms with Gasteiger partial charge in [-0.05, 0) is 42.3 Å². The van der Waals surface area contributed by atoms with E-state index in [4.69, 9.17) is 9.47 Å². The van der Waals surface area contributed by atoms with Crippen molar-refractivity contribution in [3.8, 4) is 23.2 Å². The van der Waals surface area contributed by atoms with Gasteiger partial charge in [0.1, 0.15) is 6.33 Å². The molecule has 12 heteroatoms. The number of anilines is 1. The highest BCUT2D eigenvalue weighted by atomic mass is 35.5. The average molecular weight is 503 g/mol. The Morgan fingerprint density at radius 2 is 1.91 bits per heavy atom. The summed E-state index contributed by atoms with van der Waals surface area (Å²) in [6.07, 6.45) is 2.41. The molecule has 9 nitrogen and oxygen atoms in total. The number of ether oxygens (including phenoxy) is 2. The highest BCUT2D eigenvalue weighted by molar-refractivity contribution is 5.98. The zero-order valence-electron chi connectivity index (χ0n) is 18.8. The Morgan fingerprint density at radius 1 is 1.14 bits per heavy atom. The molecule has 0 saturated carbocycles. The summed E-state index contributed by atoms with van der Waals surface area (Å²) in [5.41, 5.74) is 3.08. The lowest BCUT2D eigenvalue weighted by Crippen LogP contribution is -2.12. The van der Waals surface area contributed by atoms with E-state index < -0.39 is 11.6 Å². The van der Waals surface area contributed by atoms with Crippen LogP contribution < -0.4 is 20.1 Å². The van der Waals surface area contributed by atoms with Crippen LogP contribution in [0, 0.1) is 11.6 Å². The number of amides is 1. The number of benzene rings is 2. The van der Waals surface area contributed by atoms with E-state index in [1.54, 1.807) is 23.0 Å². The third kappa shape index (κ3) is 4.30. The number of nitrogens with one attached hydrogen (secondary N) is 2. The van der Waals surface area contributed by atoms with Crippen LogP contribution in [0.15, 0.2) is 36.7 Å². The number of imidazole rings is 1. The van der Waals surface area contributed by atoms with Crippen molar-refractivity contribution in [3.05, 3.63) is 59.4 Å². The molecule has 0 fully saturated rings. The van der Waals surface area contributed by atoms with Crippen LogP contribution in [0.25, 0.3) is 16.9 Å². The van der Waals surface area contributed by atoms with E-state index in [-0.39, 0.29) is 35.8 Å². The van der Waals surface area contributed by atoms with E-state index >= 15 is 0 Å². The third-order valence-electron chi connectivity index (χ3n) is 5.40. The molecule has 0 atom stereocenters. The normalized spacial score (nSPS) is 12.2. The van der Waals surface area contributed by atoms with Crippen molar-refractivity contribution < 1.29 is 23.0 Å². The first kappa shape index (κ1) is 24.1. The van der Waals surface area contributed by atoms with Gasteiger partial charge in [-0.25, -0.2) is 4.98 Å². The Bertz CT molecular complexity index is 1430. The van der Waals surface area contributed by atoms with Crippen LogP contribution in [0.2, 0.25) is 0 Å². The van der Waals surface area contributed by atoms with Crippen molar-refractivity contribution in [2.45, 2.75) is 19.9 Å². The Hall–Kier alpha value is -3.99. The summed E-state index contributed by atoms with van der Waals surface area (Å²) in [5, 5.41) is 5.96. The monoisotopic (exact) mass is 502 g/mol. The standard InChI is InChI=1S/C23H20F2N6O3.ClH/c1-3-8-26-20-19-21(30-23(29-20)34-16-7-6-15(33-2)17(24)18(16)25)31(11-28-19)13-4-5-14-12(9-13)10-27-22(14)32;/h4-7,9,11H,3,8,10H2,1-2H3,(H,27,32)(H,26,29,30);1H. The smallest absolute Gasteiger partial charge is 0.326 e. The fourth-order valence-corrected chi connectivity index (χ4v) is 3.70. The Morgan fingerprint density at radius 3 is 2.69 bits per heavy atom. The van der Waals surface area contributed by atoms with Gasteiger partial charge in [-0.15, -0.1) is 12.4 Å². The molecule has 4 aromatic rings. The topological polar surface area (TPSA) is 103 Å². The van der Waals surface area contributed by atoms with Gasteiger partial charge in [0.25, 0.3) is 5.91 Å². The van der Waals surface area contributed by atoms with Gasteiger partial charge >= 0.3 is 6.01 Å². The van der Waals surface area contributed by atoms with Crippen molar-refractivity contribution in [1.29, 1.82) is 0 Å². The predicted octanol–water partition coefficient (Wildman–Crippen LogP) is 4.38. The van der Waals surface area contributed by atoms with Crippen LogP contribution in [0.4, 0.5) is 14.6 Å². The van der Waals surface area contributed by atoms with Crippen LogP contribution >= 0.6 is 12.4 Å². The molecule has 182 valence electrons. The summed E-state index contributed by atoms with van der Waals surface area (Å²) >= 11 is 0. The van der Waals surface area contributed by atoms with Gasteiger partial charge in [0.2, 0.25) is 11.6 Å². The minimum Gasteiger partial charge on any atom is -0.494 e. The Kier molecular flexibility index (Phi) is 6.70. The molecule has 0 bridgehead atoms. The predicted molar refractivity (Wildman–Crippen MR) is 127 cm³/mol. The number of carbonyl (C=O) groups excluding carboxylic acids is 1. The molecular formula is C23H21ClF2N6O3. The third-order valence-corrected chi connectivity index (χ3v) is 5.40. The summed E-state index contributed by atoms with van der Waals surface area (Å²) < 4.78 is 40.7. The fraction of sp³-hybridized carbons (Fsp3) is 0.217. The molecule has 1 aliphatic heterocycles. The average Bonchev–Trinajstić information content (AvgIpc) is 3.44. The van der Waals surface area contributed by atoms with Gasteiger partial charge in [-0.3, -0.25) is 9.36 Å². The summed E-state index contributed by atoms with van der Waals surface area (Å²) in [7, 11) is 1.24. The minimum absolute atomic E-state index is 0. The highest BCUT2D eigenvalue weighted by Gasteiger charge is 2.22. The Balaban J connectivity index is 0.00000289. The molecule has 2 N–H and O–H groups in total. The van der Waals surface area contributed by atoms with Gasteiger partial charge in [0.05, 0.1) is 7.11 Å². The molecule has 2 aromatic carbocycles. The maximum absolute atomic E-state index is 14.5. The molecule has 3 heterocycles. The van der Waals surface area contributed by atoms with E-state index in [0.29, 0.717) is 35.6 Å². The summed E-state index contributed by atoms with van der Waals surface area (Å²) in [6.45, 7) is 3.04. The summed E-state index contributed by atoms with van der Waals surface area (Å²) in [5.74, 6) is -2.73. The number of rotatable bonds is 7. The van der Waals surface area contributed by atoms with Gasteiger partial charge < -0.3 is 20.1 Å². The lowest BCUT2D eigenvalue weighted by molar-refractivity contribution is 0.0965. The second-order valence-corrected chi connectivity index (χ2v) is 7.59. The molecule has 2 aromatic heterocycles. The van der Waals surface area contributed by atoms with Crippen molar-refractivity contribution in [1.82, 2.24) is 24.8 Å².